The standard InChI is InChI=1S/C14H18N4O/c1-4-10(2)17-14(19)12-9-16-18(11(12)3)13-7-5-6-8-15-13/h5-10H,4H2,1-3H3,(H,17,19). The third-order valence-electron chi connectivity index (χ3n) is 3.11. The maximum atomic E-state index is 12.1. The van der Waals surface area contributed by atoms with Crippen molar-refractivity contribution in [1.29, 1.82) is 0 Å². The molecular formula is C14H18N4O. The third-order valence-corrected chi connectivity index (χ3v) is 3.11. The summed E-state index contributed by atoms with van der Waals surface area (Å²) in [6.45, 7) is 5.89. The molecular weight excluding hydrogens is 240 g/mol. The highest BCUT2D eigenvalue weighted by Gasteiger charge is 2.16. The van der Waals surface area contributed by atoms with Crippen LogP contribution in [0.5, 0.6) is 0 Å². The molecule has 0 aliphatic heterocycles. The van der Waals surface area contributed by atoms with E-state index in [1.807, 2.05) is 39.0 Å². The number of aromatic nitrogens is 3. The highest BCUT2D eigenvalue weighted by atomic mass is 16.1. The van der Waals surface area contributed by atoms with Crippen molar-refractivity contribution in [2.24, 2.45) is 0 Å². The second-order valence-corrected chi connectivity index (χ2v) is 4.53. The van der Waals surface area contributed by atoms with E-state index >= 15 is 0 Å². The molecule has 0 bridgehead atoms. The molecule has 5 nitrogen and oxygen atoms in total. The number of nitrogens with one attached hydrogen (secondary N) is 1. The number of carbonyl (C=O) groups is 1. The largest absolute Gasteiger partial charge is 0.349 e. The van der Waals surface area contributed by atoms with Gasteiger partial charge in [-0.1, -0.05) is 13.0 Å². The van der Waals surface area contributed by atoms with Crippen molar-refractivity contribution >= 4 is 5.91 Å². The van der Waals surface area contributed by atoms with Crippen molar-refractivity contribution < 1.29 is 4.79 Å². The second kappa shape index (κ2) is 5.65. The van der Waals surface area contributed by atoms with Crippen molar-refractivity contribution in [2.75, 3.05) is 0 Å². The Labute approximate surface area is 112 Å². The normalized spacial score (nSPS) is 12.2. The quantitative estimate of drug-likeness (QED) is 0.913. The van der Waals surface area contributed by atoms with Crippen LogP contribution in [-0.4, -0.2) is 26.7 Å². The first-order chi connectivity index (χ1) is 9.13. The van der Waals surface area contributed by atoms with Gasteiger partial charge in [-0.05, 0) is 32.4 Å². The van der Waals surface area contributed by atoms with Gasteiger partial charge in [-0.2, -0.15) is 5.10 Å². The van der Waals surface area contributed by atoms with E-state index in [-0.39, 0.29) is 11.9 Å². The van der Waals surface area contributed by atoms with E-state index in [0.29, 0.717) is 11.4 Å². The molecule has 1 atom stereocenters. The van der Waals surface area contributed by atoms with Crippen molar-refractivity contribution in [1.82, 2.24) is 20.1 Å². The minimum absolute atomic E-state index is 0.0889. The van der Waals surface area contributed by atoms with Crippen molar-refractivity contribution in [2.45, 2.75) is 33.2 Å². The van der Waals surface area contributed by atoms with Gasteiger partial charge in [0.1, 0.15) is 0 Å². The molecule has 100 valence electrons. The minimum atomic E-state index is -0.0889. The van der Waals surface area contributed by atoms with E-state index in [1.165, 1.54) is 0 Å². The maximum Gasteiger partial charge on any atom is 0.254 e. The van der Waals surface area contributed by atoms with Gasteiger partial charge in [-0.15, -0.1) is 0 Å². The van der Waals surface area contributed by atoms with Gasteiger partial charge in [0.25, 0.3) is 5.91 Å². The highest BCUT2D eigenvalue weighted by molar-refractivity contribution is 5.95. The van der Waals surface area contributed by atoms with Crippen LogP contribution >= 0.6 is 0 Å². The zero-order valence-corrected chi connectivity index (χ0v) is 11.4. The number of pyridine rings is 1. The molecule has 2 heterocycles. The van der Waals surface area contributed by atoms with Gasteiger partial charge in [-0.25, -0.2) is 9.67 Å². The zero-order valence-electron chi connectivity index (χ0n) is 11.4. The molecule has 0 saturated carbocycles. The van der Waals surface area contributed by atoms with Gasteiger partial charge in [-0.3, -0.25) is 4.79 Å². The van der Waals surface area contributed by atoms with E-state index in [2.05, 4.69) is 15.4 Å². The predicted octanol–water partition coefficient (Wildman–Crippen LogP) is 2.10. The lowest BCUT2D eigenvalue weighted by atomic mass is 10.2. The van der Waals surface area contributed by atoms with Crippen LogP contribution in [0.3, 0.4) is 0 Å². The molecule has 0 radical (unpaired) electrons. The smallest absolute Gasteiger partial charge is 0.254 e. The van der Waals surface area contributed by atoms with Crippen LogP contribution in [0.1, 0.15) is 36.3 Å². The monoisotopic (exact) mass is 258 g/mol. The van der Waals surface area contributed by atoms with Gasteiger partial charge in [0.2, 0.25) is 0 Å². The first-order valence-corrected chi connectivity index (χ1v) is 6.40. The highest BCUT2D eigenvalue weighted by Crippen LogP contribution is 2.12. The molecule has 19 heavy (non-hydrogen) atoms. The van der Waals surface area contributed by atoms with E-state index in [1.54, 1.807) is 17.1 Å². The summed E-state index contributed by atoms with van der Waals surface area (Å²) in [5.74, 6) is 0.622. The Bertz CT molecular complexity index is 562. The lowest BCUT2D eigenvalue weighted by Gasteiger charge is -2.11. The number of rotatable bonds is 4. The summed E-state index contributed by atoms with van der Waals surface area (Å²) in [6.07, 6.45) is 4.19. The van der Waals surface area contributed by atoms with E-state index in [9.17, 15) is 4.79 Å². The molecule has 0 aliphatic rings. The van der Waals surface area contributed by atoms with Crippen molar-refractivity contribution in [3.63, 3.8) is 0 Å². The van der Waals surface area contributed by atoms with Crippen LogP contribution in [0.25, 0.3) is 5.82 Å². The number of nitrogens with zero attached hydrogens (tertiary/aromatic N) is 3. The number of hydrogen-bond acceptors (Lipinski definition) is 3. The first-order valence-electron chi connectivity index (χ1n) is 6.40. The fraction of sp³-hybridized carbons (Fsp3) is 0.357. The lowest BCUT2D eigenvalue weighted by Crippen LogP contribution is -2.32. The van der Waals surface area contributed by atoms with Crippen LogP contribution < -0.4 is 5.32 Å². The van der Waals surface area contributed by atoms with Crippen LogP contribution in [0.2, 0.25) is 0 Å². The Morgan fingerprint density at radius 3 is 2.89 bits per heavy atom. The van der Waals surface area contributed by atoms with Gasteiger partial charge < -0.3 is 5.32 Å². The summed E-state index contributed by atoms with van der Waals surface area (Å²) in [5, 5.41) is 7.17. The number of carbonyl (C=O) groups excluding carboxylic acids is 1. The topological polar surface area (TPSA) is 59.8 Å². The maximum absolute atomic E-state index is 12.1. The van der Waals surface area contributed by atoms with E-state index in [4.69, 9.17) is 0 Å². The number of amides is 1. The molecule has 0 aliphatic carbocycles. The SMILES string of the molecule is CCC(C)NC(=O)c1cnn(-c2ccccn2)c1C. The fourth-order valence-corrected chi connectivity index (χ4v) is 1.75. The predicted molar refractivity (Wildman–Crippen MR) is 73.3 cm³/mol. The molecule has 0 fully saturated rings. The van der Waals surface area contributed by atoms with Crippen LogP contribution in [0, 0.1) is 6.92 Å². The first kappa shape index (κ1) is 13.3. The third kappa shape index (κ3) is 2.81. The van der Waals surface area contributed by atoms with E-state index < -0.39 is 0 Å². The van der Waals surface area contributed by atoms with Gasteiger partial charge in [0, 0.05) is 12.2 Å². The molecule has 0 saturated heterocycles. The summed E-state index contributed by atoms with van der Waals surface area (Å²) in [7, 11) is 0. The molecule has 1 unspecified atom stereocenters. The van der Waals surface area contributed by atoms with Crippen molar-refractivity contribution in [3.05, 3.63) is 41.9 Å². The Morgan fingerprint density at radius 1 is 1.47 bits per heavy atom. The molecule has 0 aromatic carbocycles. The van der Waals surface area contributed by atoms with Gasteiger partial charge >= 0.3 is 0 Å². The molecule has 2 aromatic rings. The summed E-state index contributed by atoms with van der Waals surface area (Å²) < 4.78 is 1.67. The Balaban J connectivity index is 2.26. The van der Waals surface area contributed by atoms with Gasteiger partial charge in [0.15, 0.2) is 5.82 Å². The van der Waals surface area contributed by atoms with Crippen LogP contribution in [0.4, 0.5) is 0 Å². The summed E-state index contributed by atoms with van der Waals surface area (Å²) >= 11 is 0. The zero-order chi connectivity index (χ0) is 13.8. The Morgan fingerprint density at radius 2 is 2.26 bits per heavy atom. The molecule has 1 N–H and O–H groups in total. The van der Waals surface area contributed by atoms with Gasteiger partial charge in [0.05, 0.1) is 17.5 Å². The van der Waals surface area contributed by atoms with Crippen molar-refractivity contribution in [3.8, 4) is 5.82 Å². The Hall–Kier alpha value is -2.17. The molecule has 0 spiro atoms. The summed E-state index contributed by atoms with van der Waals surface area (Å²) in [6, 6.07) is 5.75. The summed E-state index contributed by atoms with van der Waals surface area (Å²) in [4.78, 5) is 16.3. The molecule has 1 amide bonds. The molecule has 5 heteroatoms. The molecule has 2 rings (SSSR count). The average Bonchev–Trinajstić information content (AvgIpc) is 2.81. The lowest BCUT2D eigenvalue weighted by molar-refractivity contribution is 0.0938. The number of hydrogen-bond donors (Lipinski definition) is 1. The Kier molecular flexibility index (Phi) is 3.94. The van der Waals surface area contributed by atoms with Crippen LogP contribution in [0.15, 0.2) is 30.6 Å². The summed E-state index contributed by atoms with van der Waals surface area (Å²) in [5.41, 5.74) is 1.38. The second-order valence-electron chi connectivity index (χ2n) is 4.53. The van der Waals surface area contributed by atoms with E-state index in [0.717, 1.165) is 12.1 Å². The molecule has 2 aromatic heterocycles. The van der Waals surface area contributed by atoms with Crippen LogP contribution in [-0.2, 0) is 0 Å². The fourth-order valence-electron chi connectivity index (χ4n) is 1.75. The minimum Gasteiger partial charge on any atom is -0.349 e. The average molecular weight is 258 g/mol.